The number of benzene rings is 2. The molecule has 2 aromatic rings. The lowest BCUT2D eigenvalue weighted by molar-refractivity contribution is -0.158. The van der Waals surface area contributed by atoms with Crippen molar-refractivity contribution in [3.05, 3.63) is 64.2 Å². The van der Waals surface area contributed by atoms with Crippen molar-refractivity contribution < 1.29 is 33.8 Å². The van der Waals surface area contributed by atoms with E-state index >= 15 is 0 Å². The van der Waals surface area contributed by atoms with Gasteiger partial charge in [0, 0.05) is 26.4 Å². The molecule has 10 nitrogen and oxygen atoms in total. The number of carbonyl (C=O) groups is 4. The first-order valence-electron chi connectivity index (χ1n) is 14.9. The van der Waals surface area contributed by atoms with Gasteiger partial charge in [0.05, 0.1) is 0 Å². The lowest BCUT2D eigenvalue weighted by Gasteiger charge is -2.40. The summed E-state index contributed by atoms with van der Waals surface area (Å²) in [6.45, 7) is 15.8. The van der Waals surface area contributed by atoms with Crippen LogP contribution in [0.3, 0.4) is 0 Å². The summed E-state index contributed by atoms with van der Waals surface area (Å²) < 4.78 is 11.1. The third-order valence-electron chi connectivity index (χ3n) is 7.47. The number of carbonyl (C=O) groups excluding carboxylic acids is 4. The lowest BCUT2D eigenvalue weighted by Crippen LogP contribution is -2.60. The molecule has 2 N–H and O–H groups in total. The van der Waals surface area contributed by atoms with E-state index < -0.39 is 53.2 Å². The molecule has 2 unspecified atom stereocenters. The van der Waals surface area contributed by atoms with E-state index in [9.17, 15) is 24.3 Å². The highest BCUT2D eigenvalue weighted by molar-refractivity contribution is 5.94. The highest BCUT2D eigenvalue weighted by atomic mass is 16.6. The molecule has 0 spiro atoms. The van der Waals surface area contributed by atoms with Gasteiger partial charge in [-0.05, 0) is 102 Å². The number of aromatic hydroxyl groups is 1. The van der Waals surface area contributed by atoms with Crippen LogP contribution in [-0.4, -0.2) is 75.2 Å². The van der Waals surface area contributed by atoms with Crippen LogP contribution < -0.4 is 5.32 Å². The molecule has 3 rings (SSSR count). The number of phenols is 1. The average molecular weight is 610 g/mol. The summed E-state index contributed by atoms with van der Waals surface area (Å²) in [6.07, 6.45) is -0.315. The predicted octanol–water partition coefficient (Wildman–Crippen LogP) is 4.59. The molecule has 1 aliphatic heterocycles. The number of ether oxygens (including phenoxy) is 2. The molecule has 10 heteroatoms. The van der Waals surface area contributed by atoms with E-state index in [2.05, 4.69) is 5.32 Å². The number of rotatable bonds is 7. The molecule has 0 saturated carbocycles. The van der Waals surface area contributed by atoms with E-state index in [0.29, 0.717) is 0 Å². The molecule has 0 aromatic heterocycles. The zero-order valence-electron chi connectivity index (χ0n) is 27.6. The quantitative estimate of drug-likeness (QED) is 0.440. The minimum atomic E-state index is -1.03. The van der Waals surface area contributed by atoms with E-state index in [1.165, 1.54) is 16.8 Å². The fourth-order valence-electron chi connectivity index (χ4n) is 5.28. The van der Waals surface area contributed by atoms with Gasteiger partial charge in [-0.1, -0.05) is 24.3 Å². The Bertz CT molecular complexity index is 1380. The van der Waals surface area contributed by atoms with E-state index in [-0.39, 0.29) is 25.1 Å². The van der Waals surface area contributed by atoms with Gasteiger partial charge < -0.3 is 24.8 Å². The summed E-state index contributed by atoms with van der Waals surface area (Å²) in [6, 6.07) is 7.89. The van der Waals surface area contributed by atoms with Crippen molar-refractivity contribution >= 4 is 23.9 Å². The minimum absolute atomic E-state index is 0.107. The molecule has 1 heterocycles. The first-order valence-corrected chi connectivity index (χ1v) is 14.9. The van der Waals surface area contributed by atoms with Crippen molar-refractivity contribution in [2.45, 2.75) is 111 Å². The molecule has 1 aliphatic rings. The van der Waals surface area contributed by atoms with Gasteiger partial charge in [-0.15, -0.1) is 0 Å². The fraction of sp³-hybridized carbons (Fsp3) is 0.529. The number of fused-ring (bicyclic) bond motifs is 1. The van der Waals surface area contributed by atoms with E-state index in [0.717, 1.165) is 27.8 Å². The van der Waals surface area contributed by atoms with Gasteiger partial charge in [0.25, 0.3) is 0 Å². The molecule has 240 valence electrons. The summed E-state index contributed by atoms with van der Waals surface area (Å²) in [5.41, 5.74) is 2.61. The Balaban J connectivity index is 2.03. The first kappa shape index (κ1) is 34.4. The average Bonchev–Trinajstić information content (AvgIpc) is 2.89. The third-order valence-corrected chi connectivity index (χ3v) is 7.47. The Labute approximate surface area is 260 Å². The standard InChI is InChI=1S/C34H47N3O7/c1-20-15-25(38)16-21(2)26(20)18-28(36(10)32(42)44-34(7,8)9)30(40)37-19-24-14-12-11-13-23(24)17-27(37)29(39)35-22(3)31(41)43-33(4,5)6/h11-16,22,27-28,38H,17-19H2,1-10H3,(H,35,39)/t22-,27?,28?/m0/s1. The Morgan fingerprint density at radius 2 is 1.52 bits per heavy atom. The van der Waals surface area contributed by atoms with Crippen LogP contribution in [0.15, 0.2) is 36.4 Å². The van der Waals surface area contributed by atoms with Crippen LogP contribution in [0.1, 0.15) is 76.3 Å². The SMILES string of the molecule is Cc1cc(O)cc(C)c1CC(C(=O)N1Cc2ccccc2CC1C(=O)N[C@@H](C)C(=O)OC(C)(C)C)N(C)C(=O)OC(C)(C)C. The Morgan fingerprint density at radius 1 is 0.977 bits per heavy atom. The van der Waals surface area contributed by atoms with Crippen molar-refractivity contribution in [3.8, 4) is 5.75 Å². The van der Waals surface area contributed by atoms with Crippen LogP contribution in [-0.2, 0) is 43.2 Å². The molecular formula is C34H47N3O7. The van der Waals surface area contributed by atoms with E-state index in [1.807, 2.05) is 38.1 Å². The molecule has 2 aromatic carbocycles. The van der Waals surface area contributed by atoms with Crippen LogP contribution in [0.5, 0.6) is 5.75 Å². The van der Waals surface area contributed by atoms with Crippen molar-refractivity contribution in [3.63, 3.8) is 0 Å². The van der Waals surface area contributed by atoms with Gasteiger partial charge in [0.2, 0.25) is 11.8 Å². The largest absolute Gasteiger partial charge is 0.508 e. The second-order valence-corrected chi connectivity index (χ2v) is 13.6. The van der Waals surface area contributed by atoms with Crippen molar-refractivity contribution in [1.29, 1.82) is 0 Å². The van der Waals surface area contributed by atoms with Crippen LogP contribution in [0.2, 0.25) is 0 Å². The molecule has 44 heavy (non-hydrogen) atoms. The summed E-state index contributed by atoms with van der Waals surface area (Å²) in [5.74, 6) is -1.41. The summed E-state index contributed by atoms with van der Waals surface area (Å²) in [4.78, 5) is 57.1. The number of hydrogen-bond acceptors (Lipinski definition) is 7. The van der Waals surface area contributed by atoms with Gasteiger partial charge in [-0.2, -0.15) is 0 Å². The van der Waals surface area contributed by atoms with E-state index in [4.69, 9.17) is 9.47 Å². The topological polar surface area (TPSA) is 125 Å². The number of phenolic OH excluding ortho intramolecular Hbond substituents is 1. The predicted molar refractivity (Wildman–Crippen MR) is 167 cm³/mol. The number of nitrogens with one attached hydrogen (secondary N) is 1. The van der Waals surface area contributed by atoms with Crippen molar-refractivity contribution in [1.82, 2.24) is 15.1 Å². The summed E-state index contributed by atoms with van der Waals surface area (Å²) >= 11 is 0. The zero-order chi connectivity index (χ0) is 33.1. The number of nitrogens with zero attached hydrogens (tertiary/aromatic N) is 2. The van der Waals surface area contributed by atoms with Crippen molar-refractivity contribution in [2.75, 3.05) is 7.05 Å². The highest BCUT2D eigenvalue weighted by Gasteiger charge is 2.41. The fourth-order valence-corrected chi connectivity index (χ4v) is 5.28. The number of likely N-dealkylation sites (N-methyl/N-ethyl adjacent to an activating group) is 1. The molecule has 0 saturated heterocycles. The maximum atomic E-state index is 14.6. The first-order chi connectivity index (χ1) is 20.3. The van der Waals surface area contributed by atoms with Crippen LogP contribution in [0.4, 0.5) is 4.79 Å². The second-order valence-electron chi connectivity index (χ2n) is 13.6. The Morgan fingerprint density at radius 3 is 2.07 bits per heavy atom. The third kappa shape index (κ3) is 8.74. The summed E-state index contributed by atoms with van der Waals surface area (Å²) in [5, 5.41) is 12.9. The minimum Gasteiger partial charge on any atom is -0.508 e. The van der Waals surface area contributed by atoms with Gasteiger partial charge >= 0.3 is 12.1 Å². The number of esters is 1. The van der Waals surface area contributed by atoms with E-state index in [1.54, 1.807) is 60.6 Å². The number of hydrogen-bond donors (Lipinski definition) is 2. The smallest absolute Gasteiger partial charge is 0.410 e. The zero-order valence-corrected chi connectivity index (χ0v) is 27.6. The number of amides is 3. The van der Waals surface area contributed by atoms with Crippen LogP contribution in [0, 0.1) is 13.8 Å². The maximum absolute atomic E-state index is 14.6. The molecular weight excluding hydrogens is 562 g/mol. The van der Waals surface area contributed by atoms with Gasteiger partial charge in [-0.3, -0.25) is 14.5 Å². The molecule has 0 radical (unpaired) electrons. The molecule has 3 amide bonds. The molecule has 0 fully saturated rings. The number of aryl methyl sites for hydroxylation is 2. The van der Waals surface area contributed by atoms with Crippen molar-refractivity contribution in [2.24, 2.45) is 0 Å². The molecule has 0 aliphatic carbocycles. The lowest BCUT2D eigenvalue weighted by atomic mass is 9.90. The van der Waals surface area contributed by atoms with Crippen LogP contribution >= 0.6 is 0 Å². The Hall–Kier alpha value is -4.08. The van der Waals surface area contributed by atoms with Crippen LogP contribution in [0.25, 0.3) is 0 Å². The summed E-state index contributed by atoms with van der Waals surface area (Å²) in [7, 11) is 1.51. The maximum Gasteiger partial charge on any atom is 0.410 e. The van der Waals surface area contributed by atoms with Gasteiger partial charge in [0.1, 0.15) is 35.1 Å². The normalized spacial score (nSPS) is 16.3. The second kappa shape index (κ2) is 13.3. The highest BCUT2D eigenvalue weighted by Crippen LogP contribution is 2.28. The molecule has 3 atom stereocenters. The molecule has 0 bridgehead atoms. The monoisotopic (exact) mass is 609 g/mol. The van der Waals surface area contributed by atoms with Gasteiger partial charge in [-0.25, -0.2) is 9.59 Å². The van der Waals surface area contributed by atoms with Gasteiger partial charge in [0.15, 0.2) is 0 Å². The Kier molecular flexibility index (Phi) is 10.4.